The van der Waals surface area contributed by atoms with E-state index in [0.29, 0.717) is 5.58 Å². The van der Waals surface area contributed by atoms with Crippen molar-refractivity contribution in [1.82, 2.24) is 0 Å². The molecule has 0 radical (unpaired) electrons. The minimum Gasteiger partial charge on any atom is -0.423 e. The smallest absolute Gasteiger partial charge is 0.336 e. The van der Waals surface area contributed by atoms with E-state index in [1.54, 1.807) is 24.3 Å². The summed E-state index contributed by atoms with van der Waals surface area (Å²) >= 11 is 0. The summed E-state index contributed by atoms with van der Waals surface area (Å²) in [5, 5.41) is 0.843. The molecule has 66 valence electrons. The standard InChI is InChI=1S/C9H8N2O2/c10-11-7-2-3-8-6(5-7)1-4-9(12)13-8/h1-5,11H,10H2. The highest BCUT2D eigenvalue weighted by atomic mass is 16.4. The molecule has 0 aliphatic carbocycles. The Hall–Kier alpha value is -1.81. The first-order valence-electron chi connectivity index (χ1n) is 3.80. The Morgan fingerprint density at radius 1 is 1.23 bits per heavy atom. The van der Waals surface area contributed by atoms with Crippen LogP contribution >= 0.6 is 0 Å². The lowest BCUT2D eigenvalue weighted by atomic mass is 10.2. The van der Waals surface area contributed by atoms with Gasteiger partial charge in [0.2, 0.25) is 0 Å². The zero-order valence-corrected chi connectivity index (χ0v) is 6.78. The van der Waals surface area contributed by atoms with Crippen LogP contribution in [0.25, 0.3) is 11.0 Å². The Morgan fingerprint density at radius 3 is 2.85 bits per heavy atom. The second-order valence-electron chi connectivity index (χ2n) is 2.65. The normalized spacial score (nSPS) is 10.2. The van der Waals surface area contributed by atoms with E-state index in [4.69, 9.17) is 10.3 Å². The van der Waals surface area contributed by atoms with E-state index in [9.17, 15) is 4.79 Å². The van der Waals surface area contributed by atoms with Gasteiger partial charge in [0.25, 0.3) is 0 Å². The number of nitrogen functional groups attached to an aromatic ring is 1. The van der Waals surface area contributed by atoms with Crippen molar-refractivity contribution in [3.8, 4) is 0 Å². The minimum atomic E-state index is -0.346. The van der Waals surface area contributed by atoms with Gasteiger partial charge in [0.1, 0.15) is 5.58 Å². The fourth-order valence-corrected chi connectivity index (χ4v) is 1.16. The molecule has 0 unspecified atom stereocenters. The molecule has 1 heterocycles. The van der Waals surface area contributed by atoms with Gasteiger partial charge in [-0.25, -0.2) is 4.79 Å². The van der Waals surface area contributed by atoms with E-state index in [2.05, 4.69) is 5.43 Å². The molecule has 0 spiro atoms. The first kappa shape index (κ1) is 7.82. The van der Waals surface area contributed by atoms with Gasteiger partial charge in [-0.05, 0) is 24.3 Å². The van der Waals surface area contributed by atoms with E-state index >= 15 is 0 Å². The highest BCUT2D eigenvalue weighted by Crippen LogP contribution is 2.16. The quantitative estimate of drug-likeness (QED) is 0.387. The Labute approximate surface area is 73.9 Å². The van der Waals surface area contributed by atoms with Crippen LogP contribution in [0.1, 0.15) is 0 Å². The molecule has 2 rings (SSSR count). The molecule has 4 heteroatoms. The number of nitrogens with one attached hydrogen (secondary N) is 1. The van der Waals surface area contributed by atoms with Gasteiger partial charge >= 0.3 is 5.63 Å². The van der Waals surface area contributed by atoms with E-state index in [-0.39, 0.29) is 5.63 Å². The van der Waals surface area contributed by atoms with Crippen LogP contribution in [0.2, 0.25) is 0 Å². The maximum Gasteiger partial charge on any atom is 0.336 e. The molecule has 0 bridgehead atoms. The van der Waals surface area contributed by atoms with Crippen LogP contribution in [-0.2, 0) is 0 Å². The maximum absolute atomic E-state index is 10.8. The van der Waals surface area contributed by atoms with Crippen molar-refractivity contribution < 1.29 is 4.42 Å². The first-order chi connectivity index (χ1) is 6.29. The summed E-state index contributed by atoms with van der Waals surface area (Å²) in [6.45, 7) is 0. The van der Waals surface area contributed by atoms with Crippen LogP contribution in [0.3, 0.4) is 0 Å². The fourth-order valence-electron chi connectivity index (χ4n) is 1.16. The van der Waals surface area contributed by atoms with E-state index < -0.39 is 0 Å². The SMILES string of the molecule is NNc1ccc2oc(=O)ccc2c1. The molecule has 1 aromatic heterocycles. The third-order valence-corrected chi connectivity index (χ3v) is 1.79. The molecule has 0 saturated carbocycles. The van der Waals surface area contributed by atoms with Crippen molar-refractivity contribution in [3.05, 3.63) is 40.8 Å². The van der Waals surface area contributed by atoms with Crippen LogP contribution in [0.4, 0.5) is 5.69 Å². The predicted octanol–water partition coefficient (Wildman–Crippen LogP) is 1.08. The molecule has 13 heavy (non-hydrogen) atoms. The molecule has 0 saturated heterocycles. The summed E-state index contributed by atoms with van der Waals surface area (Å²) in [4.78, 5) is 10.8. The van der Waals surface area contributed by atoms with Gasteiger partial charge in [0.15, 0.2) is 0 Å². The number of hydrazine groups is 1. The largest absolute Gasteiger partial charge is 0.423 e. The van der Waals surface area contributed by atoms with Crippen LogP contribution < -0.4 is 16.9 Å². The molecule has 0 atom stereocenters. The van der Waals surface area contributed by atoms with Gasteiger partial charge in [-0.2, -0.15) is 0 Å². The topological polar surface area (TPSA) is 68.3 Å². The van der Waals surface area contributed by atoms with Crippen LogP contribution in [0.15, 0.2) is 39.5 Å². The average molecular weight is 176 g/mol. The molecular weight excluding hydrogens is 168 g/mol. The number of rotatable bonds is 1. The lowest BCUT2D eigenvalue weighted by Crippen LogP contribution is -2.06. The number of fused-ring (bicyclic) bond motifs is 1. The van der Waals surface area contributed by atoms with Crippen molar-refractivity contribution in [3.63, 3.8) is 0 Å². The average Bonchev–Trinajstić information content (AvgIpc) is 2.17. The number of anilines is 1. The molecular formula is C9H8N2O2. The molecule has 0 fully saturated rings. The zero-order valence-electron chi connectivity index (χ0n) is 6.78. The lowest BCUT2D eigenvalue weighted by molar-refractivity contribution is 0.561. The summed E-state index contributed by atoms with van der Waals surface area (Å²) in [6, 6.07) is 8.32. The molecule has 1 aromatic carbocycles. The number of hydrogen-bond acceptors (Lipinski definition) is 4. The molecule has 4 nitrogen and oxygen atoms in total. The van der Waals surface area contributed by atoms with Gasteiger partial charge in [0.05, 0.1) is 0 Å². The summed E-state index contributed by atoms with van der Waals surface area (Å²) in [7, 11) is 0. The Morgan fingerprint density at radius 2 is 2.08 bits per heavy atom. The van der Waals surface area contributed by atoms with Gasteiger partial charge in [0, 0.05) is 17.1 Å². The monoisotopic (exact) mass is 176 g/mol. The Balaban J connectivity index is 2.73. The minimum absolute atomic E-state index is 0.346. The van der Waals surface area contributed by atoms with Crippen molar-refractivity contribution in [1.29, 1.82) is 0 Å². The fraction of sp³-hybridized carbons (Fsp3) is 0. The number of benzene rings is 1. The number of hydrogen-bond donors (Lipinski definition) is 2. The van der Waals surface area contributed by atoms with Crippen molar-refractivity contribution >= 4 is 16.7 Å². The van der Waals surface area contributed by atoms with E-state index in [1.807, 2.05) is 0 Å². The number of nitrogens with two attached hydrogens (primary N) is 1. The predicted molar refractivity (Wildman–Crippen MR) is 50.3 cm³/mol. The van der Waals surface area contributed by atoms with Gasteiger partial charge < -0.3 is 9.84 Å². The van der Waals surface area contributed by atoms with Crippen molar-refractivity contribution in [2.24, 2.45) is 5.84 Å². The van der Waals surface area contributed by atoms with Crippen LogP contribution in [0.5, 0.6) is 0 Å². The van der Waals surface area contributed by atoms with Crippen LogP contribution in [-0.4, -0.2) is 0 Å². The summed E-state index contributed by atoms with van der Waals surface area (Å²) in [5.41, 5.74) is 3.51. The van der Waals surface area contributed by atoms with Crippen molar-refractivity contribution in [2.45, 2.75) is 0 Å². The van der Waals surface area contributed by atoms with Gasteiger partial charge in [-0.15, -0.1) is 0 Å². The summed E-state index contributed by atoms with van der Waals surface area (Å²) in [5.74, 6) is 5.23. The van der Waals surface area contributed by atoms with Gasteiger partial charge in [-0.1, -0.05) is 0 Å². The molecule has 3 N–H and O–H groups in total. The first-order valence-corrected chi connectivity index (χ1v) is 3.80. The molecule has 0 aliphatic rings. The summed E-state index contributed by atoms with van der Waals surface area (Å²) in [6.07, 6.45) is 0. The van der Waals surface area contributed by atoms with Crippen molar-refractivity contribution in [2.75, 3.05) is 5.43 Å². The molecule has 0 aliphatic heterocycles. The zero-order chi connectivity index (χ0) is 9.26. The molecule has 0 amide bonds. The lowest BCUT2D eigenvalue weighted by Gasteiger charge is -2.00. The Kier molecular flexibility index (Phi) is 1.75. The second-order valence-corrected chi connectivity index (χ2v) is 2.65. The third-order valence-electron chi connectivity index (χ3n) is 1.79. The maximum atomic E-state index is 10.8. The Bertz CT molecular complexity index is 490. The highest BCUT2D eigenvalue weighted by Gasteiger charge is 1.97. The highest BCUT2D eigenvalue weighted by molar-refractivity contribution is 5.80. The third kappa shape index (κ3) is 1.39. The molecule has 2 aromatic rings. The van der Waals surface area contributed by atoms with Crippen LogP contribution in [0, 0.1) is 0 Å². The summed E-state index contributed by atoms with van der Waals surface area (Å²) < 4.78 is 4.94. The van der Waals surface area contributed by atoms with E-state index in [0.717, 1.165) is 11.1 Å². The van der Waals surface area contributed by atoms with Gasteiger partial charge in [-0.3, -0.25) is 5.84 Å². The van der Waals surface area contributed by atoms with E-state index in [1.165, 1.54) is 6.07 Å². The second kappa shape index (κ2) is 2.91.